The molecule has 1 aromatic heterocycles. The fraction of sp³-hybridized carbons (Fsp3) is 0.176. The highest BCUT2D eigenvalue weighted by Gasteiger charge is 2.11. The number of aromatic nitrogens is 1. The van der Waals surface area contributed by atoms with Crippen LogP contribution in [-0.2, 0) is 16.0 Å². The first-order chi connectivity index (χ1) is 10.3. The summed E-state index contributed by atoms with van der Waals surface area (Å²) in [6.07, 6.45) is 1.63. The van der Waals surface area contributed by atoms with Gasteiger partial charge in [0, 0.05) is 5.56 Å². The number of hydrogen-bond donors (Lipinski definition) is 0. The predicted octanol–water partition coefficient (Wildman–Crippen LogP) is 3.60. The van der Waals surface area contributed by atoms with Crippen molar-refractivity contribution < 1.29 is 13.9 Å². The molecule has 0 fully saturated rings. The first-order valence-corrected chi connectivity index (χ1v) is 6.85. The molecule has 0 saturated carbocycles. The van der Waals surface area contributed by atoms with E-state index in [4.69, 9.17) is 9.15 Å². The summed E-state index contributed by atoms with van der Waals surface area (Å²) in [7, 11) is 0. The molecule has 0 amide bonds. The molecular weight excluding hydrogens is 266 g/mol. The third-order valence-corrected chi connectivity index (χ3v) is 3.18. The number of ether oxygens (including phenoxy) is 1. The summed E-state index contributed by atoms with van der Waals surface area (Å²) in [5.41, 5.74) is 1.47. The van der Waals surface area contributed by atoms with Crippen molar-refractivity contribution in [1.82, 2.24) is 4.98 Å². The molecule has 0 saturated heterocycles. The molecule has 4 nitrogen and oxygen atoms in total. The van der Waals surface area contributed by atoms with Crippen LogP contribution in [-0.4, -0.2) is 17.6 Å². The predicted molar refractivity (Wildman–Crippen MR) is 79.8 cm³/mol. The second-order valence-electron chi connectivity index (χ2n) is 4.69. The number of benzene rings is 2. The molecule has 3 rings (SSSR count). The van der Waals surface area contributed by atoms with Gasteiger partial charge in [-0.2, -0.15) is 0 Å². The van der Waals surface area contributed by atoms with Gasteiger partial charge < -0.3 is 9.15 Å². The van der Waals surface area contributed by atoms with Gasteiger partial charge in [-0.1, -0.05) is 30.3 Å². The minimum atomic E-state index is -0.295. The Morgan fingerprint density at radius 1 is 1.19 bits per heavy atom. The Hall–Kier alpha value is -2.62. The van der Waals surface area contributed by atoms with Crippen LogP contribution in [0.2, 0.25) is 0 Å². The number of rotatable bonds is 4. The number of esters is 1. The van der Waals surface area contributed by atoms with E-state index in [0.717, 1.165) is 10.9 Å². The Balaban J connectivity index is 1.85. The number of hydrogen-bond acceptors (Lipinski definition) is 4. The molecule has 21 heavy (non-hydrogen) atoms. The van der Waals surface area contributed by atoms with E-state index in [1.807, 2.05) is 36.4 Å². The van der Waals surface area contributed by atoms with Gasteiger partial charge in [-0.3, -0.25) is 4.79 Å². The molecule has 1 heterocycles. The summed E-state index contributed by atoms with van der Waals surface area (Å²) in [4.78, 5) is 15.8. The van der Waals surface area contributed by atoms with Gasteiger partial charge in [-0.25, -0.2) is 4.98 Å². The lowest BCUT2D eigenvalue weighted by molar-refractivity contribution is -0.142. The molecule has 0 N–H and O–H groups in total. The zero-order valence-corrected chi connectivity index (χ0v) is 11.7. The molecule has 0 bridgehead atoms. The normalized spacial score (nSPS) is 10.7. The average Bonchev–Trinajstić information content (AvgIpc) is 2.95. The van der Waals surface area contributed by atoms with Gasteiger partial charge >= 0.3 is 5.97 Å². The lowest BCUT2D eigenvalue weighted by Gasteiger charge is -2.00. The summed E-state index contributed by atoms with van der Waals surface area (Å²) in [6.45, 7) is 2.15. The SMILES string of the molecule is CCOC(=O)Cc1coc(-c2ccc3ccccc3c2)n1. The van der Waals surface area contributed by atoms with Crippen LogP contribution in [0.1, 0.15) is 12.6 Å². The molecule has 2 aromatic carbocycles. The fourth-order valence-corrected chi connectivity index (χ4v) is 2.20. The van der Waals surface area contributed by atoms with E-state index in [2.05, 4.69) is 11.1 Å². The van der Waals surface area contributed by atoms with Crippen LogP contribution in [0.3, 0.4) is 0 Å². The van der Waals surface area contributed by atoms with E-state index in [-0.39, 0.29) is 12.4 Å². The van der Waals surface area contributed by atoms with Crippen LogP contribution in [0.15, 0.2) is 53.1 Å². The number of carbonyl (C=O) groups excluding carboxylic acids is 1. The summed E-state index contributed by atoms with van der Waals surface area (Å²) >= 11 is 0. The summed E-state index contributed by atoms with van der Waals surface area (Å²) in [5.74, 6) is 0.218. The molecule has 0 aliphatic carbocycles. The second-order valence-corrected chi connectivity index (χ2v) is 4.69. The topological polar surface area (TPSA) is 52.3 Å². The second kappa shape index (κ2) is 5.79. The number of carbonyl (C=O) groups is 1. The third kappa shape index (κ3) is 2.94. The standard InChI is InChI=1S/C17H15NO3/c1-2-20-16(19)10-15-11-21-17(18-15)14-8-7-12-5-3-4-6-13(12)9-14/h3-9,11H,2,10H2,1H3. The summed E-state index contributed by atoms with van der Waals surface area (Å²) in [5, 5.41) is 2.29. The molecule has 106 valence electrons. The monoisotopic (exact) mass is 281 g/mol. The summed E-state index contributed by atoms with van der Waals surface area (Å²) in [6, 6.07) is 14.1. The third-order valence-electron chi connectivity index (χ3n) is 3.18. The van der Waals surface area contributed by atoms with Crippen LogP contribution < -0.4 is 0 Å². The van der Waals surface area contributed by atoms with E-state index in [1.165, 1.54) is 11.6 Å². The highest BCUT2D eigenvalue weighted by Crippen LogP contribution is 2.24. The fourth-order valence-electron chi connectivity index (χ4n) is 2.20. The Morgan fingerprint density at radius 2 is 2.00 bits per heavy atom. The first-order valence-electron chi connectivity index (χ1n) is 6.85. The van der Waals surface area contributed by atoms with Crippen molar-refractivity contribution in [1.29, 1.82) is 0 Å². The molecule has 3 aromatic rings. The van der Waals surface area contributed by atoms with Gasteiger partial charge in [0.25, 0.3) is 0 Å². The van der Waals surface area contributed by atoms with Crippen molar-refractivity contribution in [3.8, 4) is 11.5 Å². The van der Waals surface area contributed by atoms with Crippen molar-refractivity contribution >= 4 is 16.7 Å². The highest BCUT2D eigenvalue weighted by molar-refractivity contribution is 5.86. The maximum Gasteiger partial charge on any atom is 0.311 e. The van der Waals surface area contributed by atoms with Crippen LogP contribution in [0.5, 0.6) is 0 Å². The van der Waals surface area contributed by atoms with E-state index in [1.54, 1.807) is 6.92 Å². The maximum absolute atomic E-state index is 11.4. The van der Waals surface area contributed by atoms with Gasteiger partial charge in [-0.05, 0) is 29.8 Å². The Morgan fingerprint density at radius 3 is 2.81 bits per heavy atom. The quantitative estimate of drug-likeness (QED) is 0.686. The molecule has 4 heteroatoms. The number of oxazole rings is 1. The first kappa shape index (κ1) is 13.4. The molecule has 0 aliphatic heterocycles. The molecular formula is C17H15NO3. The van der Waals surface area contributed by atoms with E-state index < -0.39 is 0 Å². The molecule has 0 spiro atoms. The zero-order valence-electron chi connectivity index (χ0n) is 11.7. The van der Waals surface area contributed by atoms with E-state index in [0.29, 0.717) is 18.2 Å². The van der Waals surface area contributed by atoms with Gasteiger partial charge in [0.15, 0.2) is 0 Å². The van der Waals surface area contributed by atoms with Crippen LogP contribution in [0, 0.1) is 0 Å². The minimum Gasteiger partial charge on any atom is -0.466 e. The van der Waals surface area contributed by atoms with Crippen molar-refractivity contribution in [2.75, 3.05) is 6.61 Å². The molecule has 0 unspecified atom stereocenters. The maximum atomic E-state index is 11.4. The number of nitrogens with zero attached hydrogens (tertiary/aromatic N) is 1. The lowest BCUT2D eigenvalue weighted by Crippen LogP contribution is -2.07. The largest absolute Gasteiger partial charge is 0.466 e. The average molecular weight is 281 g/mol. The van der Waals surface area contributed by atoms with Crippen molar-refractivity contribution in [2.24, 2.45) is 0 Å². The van der Waals surface area contributed by atoms with Crippen LogP contribution in [0.4, 0.5) is 0 Å². The minimum absolute atomic E-state index is 0.130. The molecule has 0 aliphatic rings. The number of fused-ring (bicyclic) bond motifs is 1. The Kier molecular flexibility index (Phi) is 3.69. The van der Waals surface area contributed by atoms with Gasteiger partial charge in [0.05, 0.1) is 18.7 Å². The zero-order chi connectivity index (χ0) is 14.7. The van der Waals surface area contributed by atoms with Gasteiger partial charge in [-0.15, -0.1) is 0 Å². The summed E-state index contributed by atoms with van der Waals surface area (Å²) < 4.78 is 10.4. The molecule has 0 atom stereocenters. The van der Waals surface area contributed by atoms with Crippen molar-refractivity contribution in [2.45, 2.75) is 13.3 Å². The van der Waals surface area contributed by atoms with E-state index >= 15 is 0 Å². The molecule has 0 radical (unpaired) electrons. The highest BCUT2D eigenvalue weighted by atomic mass is 16.5. The Bertz CT molecular complexity index is 776. The van der Waals surface area contributed by atoms with Gasteiger partial charge in [0.2, 0.25) is 5.89 Å². The van der Waals surface area contributed by atoms with Crippen molar-refractivity contribution in [3.05, 3.63) is 54.4 Å². The lowest BCUT2D eigenvalue weighted by atomic mass is 10.1. The van der Waals surface area contributed by atoms with Crippen molar-refractivity contribution in [3.63, 3.8) is 0 Å². The van der Waals surface area contributed by atoms with Gasteiger partial charge in [0.1, 0.15) is 6.26 Å². The Labute approximate surface area is 122 Å². The van der Waals surface area contributed by atoms with E-state index in [9.17, 15) is 4.79 Å². The van der Waals surface area contributed by atoms with Crippen LogP contribution >= 0.6 is 0 Å². The van der Waals surface area contributed by atoms with Crippen LogP contribution in [0.25, 0.3) is 22.2 Å². The smallest absolute Gasteiger partial charge is 0.311 e.